The van der Waals surface area contributed by atoms with Gasteiger partial charge in [-0.2, -0.15) is 0 Å². The molecule has 0 aromatic carbocycles. The van der Waals surface area contributed by atoms with Crippen LogP contribution in [0.25, 0.3) is 4.98 Å². The fourth-order valence-electron chi connectivity index (χ4n) is 6.17. The van der Waals surface area contributed by atoms with Gasteiger partial charge in [0.15, 0.2) is 0 Å². The Morgan fingerprint density at radius 3 is 1.86 bits per heavy atom. The average molecular weight is 457 g/mol. The van der Waals surface area contributed by atoms with E-state index in [1.54, 1.807) is 0 Å². The molecule has 2 nitrogen and oxygen atoms in total. The molecule has 2 saturated carbocycles. The third-order valence-corrected chi connectivity index (χ3v) is 12.0. The molecule has 3 rings (SSSR count). The Labute approximate surface area is 202 Å². The number of rotatable bonds is 4. The molecule has 3 fully saturated rings. The summed E-state index contributed by atoms with van der Waals surface area (Å²) in [6.45, 7) is 20.8. The van der Waals surface area contributed by atoms with Gasteiger partial charge in [-0.3, -0.25) is 0 Å². The Morgan fingerprint density at radius 2 is 1.41 bits per heavy atom. The molecule has 1 aliphatic heterocycles. The standard InChI is InChI=1S/C20H39N2Si.C2H4.3CH3.Ti/c1-6-23(5,21-20(2,3)4)19-15-18(22-13-9-10-14-22)16-11-7-8-12-17(16)19;1-2;;;;/h16-19H,6-15H2,1-5H3;1-2H2;3*1H3;/q-1;;3*-1;+4/t16?,17?,18?,19?,23-;;;;;/m0...../s1. The van der Waals surface area contributed by atoms with Crippen LogP contribution in [0.5, 0.6) is 0 Å². The van der Waals surface area contributed by atoms with E-state index in [1.807, 2.05) is 0 Å². The van der Waals surface area contributed by atoms with Crippen LogP contribution in [0.3, 0.4) is 0 Å². The summed E-state index contributed by atoms with van der Waals surface area (Å²) in [7, 11) is -1.53. The summed E-state index contributed by atoms with van der Waals surface area (Å²) >= 11 is 0. The molecular weight excluding hydrogens is 404 g/mol. The van der Waals surface area contributed by atoms with E-state index < -0.39 is 8.24 Å². The maximum absolute atomic E-state index is 5.51. The van der Waals surface area contributed by atoms with Crippen molar-refractivity contribution in [2.45, 2.75) is 102 Å². The Morgan fingerprint density at radius 1 is 0.931 bits per heavy atom. The predicted molar refractivity (Wildman–Crippen MR) is 134 cm³/mol. The molecule has 0 radical (unpaired) electrons. The molecule has 170 valence electrons. The van der Waals surface area contributed by atoms with E-state index in [-0.39, 0.29) is 49.5 Å². The van der Waals surface area contributed by atoms with Crippen molar-refractivity contribution in [3.63, 3.8) is 0 Å². The Kier molecular flexibility index (Phi) is 17.2. The fraction of sp³-hybridized carbons (Fsp3) is 0.800. The van der Waals surface area contributed by atoms with Gasteiger partial charge < -0.3 is 32.2 Å². The summed E-state index contributed by atoms with van der Waals surface area (Å²) in [6.07, 6.45) is 10.3. The van der Waals surface area contributed by atoms with Gasteiger partial charge in [-0.1, -0.05) is 73.3 Å². The maximum atomic E-state index is 5.51. The number of hydrogen-bond acceptors (Lipinski definition) is 1. The van der Waals surface area contributed by atoms with Gasteiger partial charge in [-0.05, 0) is 50.6 Å². The van der Waals surface area contributed by atoms with Gasteiger partial charge in [0.1, 0.15) is 0 Å². The first-order valence-corrected chi connectivity index (χ1v) is 13.6. The van der Waals surface area contributed by atoms with Crippen LogP contribution in [0.4, 0.5) is 0 Å². The zero-order valence-electron chi connectivity index (χ0n) is 21.2. The van der Waals surface area contributed by atoms with Crippen LogP contribution < -0.4 is 0 Å². The molecule has 0 aromatic rings. The molecule has 2 aliphatic carbocycles. The van der Waals surface area contributed by atoms with Crippen molar-refractivity contribution in [1.29, 1.82) is 0 Å². The molecule has 3 aliphatic rings. The van der Waals surface area contributed by atoms with Crippen LogP contribution in [0.1, 0.15) is 72.6 Å². The minimum absolute atomic E-state index is 0. The zero-order valence-corrected chi connectivity index (χ0v) is 23.8. The molecule has 0 amide bonds. The second-order valence-electron chi connectivity index (χ2n) is 9.76. The Hall–Kier alpha value is 0.591. The van der Waals surface area contributed by atoms with Crippen LogP contribution in [-0.2, 0) is 21.7 Å². The molecule has 4 heteroatoms. The van der Waals surface area contributed by atoms with Crippen LogP contribution >= 0.6 is 0 Å². The molecule has 29 heavy (non-hydrogen) atoms. The summed E-state index contributed by atoms with van der Waals surface area (Å²) in [5.41, 5.74) is 1.09. The van der Waals surface area contributed by atoms with Crippen molar-refractivity contribution in [2.75, 3.05) is 13.1 Å². The van der Waals surface area contributed by atoms with Crippen LogP contribution in [-0.4, -0.2) is 37.8 Å². The number of fused-ring (bicyclic) bond motifs is 1. The fourth-order valence-corrected chi connectivity index (χ4v) is 10.6. The third-order valence-electron chi connectivity index (χ3n) is 7.10. The summed E-state index contributed by atoms with van der Waals surface area (Å²) in [4.78, 5) is 8.39. The molecule has 1 heterocycles. The average Bonchev–Trinajstić information content (AvgIpc) is 3.22. The quantitative estimate of drug-likeness (QED) is 0.238. The summed E-state index contributed by atoms with van der Waals surface area (Å²) in [5.74, 6) is 2.00. The van der Waals surface area contributed by atoms with Gasteiger partial charge in [0.2, 0.25) is 0 Å². The van der Waals surface area contributed by atoms with Gasteiger partial charge in [0.25, 0.3) is 0 Å². The summed E-state index contributed by atoms with van der Waals surface area (Å²) < 4.78 is 0. The topological polar surface area (TPSA) is 17.3 Å². The van der Waals surface area contributed by atoms with Gasteiger partial charge in [-0.25, -0.2) is 0 Å². The predicted octanol–water partition coefficient (Wildman–Crippen LogP) is 7.95. The van der Waals surface area contributed by atoms with Crippen LogP contribution in [0.15, 0.2) is 13.2 Å². The first kappa shape index (κ1) is 34.2. The van der Waals surface area contributed by atoms with Crippen molar-refractivity contribution in [1.82, 2.24) is 4.90 Å². The normalized spacial score (nSPS) is 30.7. The third kappa shape index (κ3) is 8.22. The first-order valence-electron chi connectivity index (χ1n) is 10.8. The second kappa shape index (κ2) is 14.6. The monoisotopic (exact) mass is 456 g/mol. The minimum Gasteiger partial charge on any atom is -0.659 e. The summed E-state index contributed by atoms with van der Waals surface area (Å²) in [5, 5.41) is 0. The molecular formula is C25H52N2SiTi. The van der Waals surface area contributed by atoms with Gasteiger partial charge in [0, 0.05) is 6.04 Å². The largest absolute Gasteiger partial charge is 4.00 e. The van der Waals surface area contributed by atoms with E-state index >= 15 is 0 Å². The van der Waals surface area contributed by atoms with E-state index in [0.29, 0.717) is 0 Å². The van der Waals surface area contributed by atoms with Gasteiger partial charge >= 0.3 is 21.7 Å². The van der Waals surface area contributed by atoms with E-state index in [9.17, 15) is 0 Å². The number of likely N-dealkylation sites (tertiary alicyclic amines) is 1. The van der Waals surface area contributed by atoms with Crippen LogP contribution in [0.2, 0.25) is 18.1 Å². The Balaban J connectivity index is -0.00000109. The molecule has 1 saturated heterocycles. The second-order valence-corrected chi connectivity index (χ2v) is 14.1. The Bertz CT molecular complexity index is 420. The minimum atomic E-state index is -1.53. The maximum Gasteiger partial charge on any atom is 4.00 e. The smallest absolute Gasteiger partial charge is 0.659 e. The molecule has 0 bridgehead atoms. The van der Waals surface area contributed by atoms with Crippen molar-refractivity contribution in [3.05, 3.63) is 40.4 Å². The molecule has 4 unspecified atom stereocenters. The zero-order chi connectivity index (χ0) is 18.7. The van der Waals surface area contributed by atoms with E-state index in [4.69, 9.17) is 4.98 Å². The number of nitrogens with zero attached hydrogens (tertiary/aromatic N) is 2. The van der Waals surface area contributed by atoms with E-state index in [2.05, 4.69) is 52.3 Å². The SMILES string of the molecule is C=C.CC[Si@](C)([N-]C(C)(C)C)C1CC(N2CCCC2)C2CCCCC21.[CH3-].[CH3-].[CH3-].[Ti+4]. The molecule has 0 N–H and O–H groups in total. The molecule has 0 aromatic heterocycles. The van der Waals surface area contributed by atoms with Gasteiger partial charge in [-0.15, -0.1) is 18.7 Å². The molecule has 0 spiro atoms. The van der Waals surface area contributed by atoms with Crippen molar-refractivity contribution in [2.24, 2.45) is 11.8 Å². The van der Waals surface area contributed by atoms with Gasteiger partial charge in [0.05, 0.1) is 0 Å². The summed E-state index contributed by atoms with van der Waals surface area (Å²) in [6, 6.07) is 2.24. The first-order chi connectivity index (χ1) is 11.8. The molecule has 5 atom stereocenters. The van der Waals surface area contributed by atoms with Crippen molar-refractivity contribution in [3.8, 4) is 0 Å². The van der Waals surface area contributed by atoms with Crippen LogP contribution in [0, 0.1) is 34.1 Å². The van der Waals surface area contributed by atoms with Crippen molar-refractivity contribution < 1.29 is 21.7 Å². The number of hydrogen-bond donors (Lipinski definition) is 0. The van der Waals surface area contributed by atoms with E-state index in [1.165, 1.54) is 64.1 Å². The van der Waals surface area contributed by atoms with E-state index in [0.717, 1.165) is 23.4 Å². The van der Waals surface area contributed by atoms with Crippen molar-refractivity contribution >= 4 is 8.24 Å².